The van der Waals surface area contributed by atoms with Crippen LogP contribution in [-0.2, 0) is 9.53 Å². The van der Waals surface area contributed by atoms with Gasteiger partial charge in [-0.3, -0.25) is 4.79 Å². The zero-order valence-corrected chi connectivity index (χ0v) is 10.6. The van der Waals surface area contributed by atoms with Crippen LogP contribution in [0, 0.1) is 0 Å². The third-order valence-electron chi connectivity index (χ3n) is 3.37. The number of ether oxygens (including phenoxy) is 1. The van der Waals surface area contributed by atoms with Gasteiger partial charge in [0.2, 0.25) is 0 Å². The minimum atomic E-state index is -0.0910. The molecular formula is C13H25NO2. The molecule has 1 rings (SSSR count). The van der Waals surface area contributed by atoms with E-state index in [0.29, 0.717) is 18.5 Å². The summed E-state index contributed by atoms with van der Waals surface area (Å²) in [5.74, 6) is -0.0910. The van der Waals surface area contributed by atoms with Gasteiger partial charge in [0, 0.05) is 12.1 Å². The van der Waals surface area contributed by atoms with Crippen LogP contribution < -0.4 is 5.32 Å². The number of unbranched alkanes of at least 4 members (excludes halogenated alkanes) is 2. The first-order valence-corrected chi connectivity index (χ1v) is 6.59. The van der Waals surface area contributed by atoms with Crippen molar-refractivity contribution in [2.24, 2.45) is 0 Å². The Labute approximate surface area is 98.9 Å². The van der Waals surface area contributed by atoms with Crippen molar-refractivity contribution in [2.45, 2.75) is 70.4 Å². The van der Waals surface area contributed by atoms with E-state index in [2.05, 4.69) is 12.2 Å². The molecule has 1 fully saturated rings. The lowest BCUT2D eigenvalue weighted by atomic mass is 9.93. The van der Waals surface area contributed by atoms with Crippen LogP contribution in [0.2, 0.25) is 0 Å². The van der Waals surface area contributed by atoms with Gasteiger partial charge < -0.3 is 10.1 Å². The summed E-state index contributed by atoms with van der Waals surface area (Å²) < 4.78 is 4.71. The van der Waals surface area contributed by atoms with Crippen molar-refractivity contribution < 1.29 is 9.53 Å². The van der Waals surface area contributed by atoms with Crippen molar-refractivity contribution in [3.63, 3.8) is 0 Å². The average Bonchev–Trinajstić information content (AvgIpc) is 2.30. The zero-order valence-electron chi connectivity index (χ0n) is 10.6. The van der Waals surface area contributed by atoms with Crippen molar-refractivity contribution in [3.8, 4) is 0 Å². The molecule has 0 bridgehead atoms. The number of carbonyl (C=O) groups excluding carboxylic acids is 1. The molecule has 0 aromatic rings. The highest BCUT2D eigenvalue weighted by Crippen LogP contribution is 2.19. The third kappa shape index (κ3) is 4.97. The highest BCUT2D eigenvalue weighted by atomic mass is 16.5. The summed E-state index contributed by atoms with van der Waals surface area (Å²) in [7, 11) is 1.46. The van der Waals surface area contributed by atoms with E-state index in [0.717, 1.165) is 6.42 Å². The van der Waals surface area contributed by atoms with Crippen molar-refractivity contribution >= 4 is 5.97 Å². The van der Waals surface area contributed by atoms with Gasteiger partial charge in [0.05, 0.1) is 13.5 Å². The predicted octanol–water partition coefficient (Wildman–Crippen LogP) is 2.64. The van der Waals surface area contributed by atoms with Gasteiger partial charge in [-0.1, -0.05) is 32.6 Å². The Kier molecular flexibility index (Phi) is 6.46. The third-order valence-corrected chi connectivity index (χ3v) is 3.37. The lowest BCUT2D eigenvalue weighted by Crippen LogP contribution is -2.43. The standard InChI is InChI=1S/C13H25NO2/c1-3-4-5-7-11-8-6-9-12(14-11)10-13(15)16-2/h11-12,14H,3-10H2,1-2H3/t11-,12-/m1/s1. The van der Waals surface area contributed by atoms with Gasteiger partial charge in [0.1, 0.15) is 0 Å². The molecule has 0 aromatic carbocycles. The minimum Gasteiger partial charge on any atom is -0.469 e. The van der Waals surface area contributed by atoms with E-state index in [1.165, 1.54) is 45.6 Å². The Morgan fingerprint density at radius 1 is 1.31 bits per heavy atom. The van der Waals surface area contributed by atoms with Gasteiger partial charge in [0.15, 0.2) is 0 Å². The summed E-state index contributed by atoms with van der Waals surface area (Å²) in [4.78, 5) is 11.2. The summed E-state index contributed by atoms with van der Waals surface area (Å²) in [6.07, 6.45) is 9.30. The first-order valence-electron chi connectivity index (χ1n) is 6.59. The lowest BCUT2D eigenvalue weighted by Gasteiger charge is -2.30. The average molecular weight is 227 g/mol. The van der Waals surface area contributed by atoms with Crippen molar-refractivity contribution in [2.75, 3.05) is 7.11 Å². The van der Waals surface area contributed by atoms with Gasteiger partial charge >= 0.3 is 5.97 Å². The fraction of sp³-hybridized carbons (Fsp3) is 0.923. The fourth-order valence-electron chi connectivity index (χ4n) is 2.42. The Bertz CT molecular complexity index is 206. The number of piperidine rings is 1. The summed E-state index contributed by atoms with van der Waals surface area (Å²) in [6, 6.07) is 0.961. The van der Waals surface area contributed by atoms with Crippen LogP contribution in [-0.4, -0.2) is 25.2 Å². The van der Waals surface area contributed by atoms with Crippen molar-refractivity contribution in [1.82, 2.24) is 5.32 Å². The van der Waals surface area contributed by atoms with Crippen molar-refractivity contribution in [3.05, 3.63) is 0 Å². The Hall–Kier alpha value is -0.570. The van der Waals surface area contributed by atoms with Crippen LogP contribution >= 0.6 is 0 Å². The first-order chi connectivity index (χ1) is 7.76. The molecule has 3 nitrogen and oxygen atoms in total. The number of carbonyl (C=O) groups is 1. The smallest absolute Gasteiger partial charge is 0.307 e. The molecule has 0 aromatic heterocycles. The molecule has 0 saturated carbocycles. The molecule has 0 aliphatic carbocycles. The molecular weight excluding hydrogens is 202 g/mol. The van der Waals surface area contributed by atoms with Crippen LogP contribution in [0.3, 0.4) is 0 Å². The van der Waals surface area contributed by atoms with Crippen LogP contribution in [0.25, 0.3) is 0 Å². The number of methoxy groups -OCH3 is 1. The van der Waals surface area contributed by atoms with E-state index >= 15 is 0 Å². The van der Waals surface area contributed by atoms with E-state index in [4.69, 9.17) is 4.74 Å². The molecule has 0 unspecified atom stereocenters. The molecule has 1 saturated heterocycles. The molecule has 16 heavy (non-hydrogen) atoms. The van der Waals surface area contributed by atoms with Crippen LogP contribution in [0.5, 0.6) is 0 Å². The maximum atomic E-state index is 11.2. The summed E-state index contributed by atoms with van der Waals surface area (Å²) >= 11 is 0. The number of nitrogens with one attached hydrogen (secondary N) is 1. The Morgan fingerprint density at radius 2 is 2.06 bits per heavy atom. The fourth-order valence-corrected chi connectivity index (χ4v) is 2.42. The van der Waals surface area contributed by atoms with Crippen LogP contribution in [0.1, 0.15) is 58.3 Å². The van der Waals surface area contributed by atoms with E-state index in [1.54, 1.807) is 0 Å². The molecule has 0 amide bonds. The molecule has 2 atom stereocenters. The molecule has 0 radical (unpaired) electrons. The summed E-state index contributed by atoms with van der Waals surface area (Å²) in [5.41, 5.74) is 0. The largest absolute Gasteiger partial charge is 0.469 e. The second-order valence-electron chi connectivity index (χ2n) is 4.77. The number of hydrogen-bond acceptors (Lipinski definition) is 3. The van der Waals surface area contributed by atoms with E-state index in [1.807, 2.05) is 0 Å². The molecule has 0 spiro atoms. The highest BCUT2D eigenvalue weighted by Gasteiger charge is 2.22. The molecule has 3 heteroatoms. The number of rotatable bonds is 6. The minimum absolute atomic E-state index is 0.0910. The SMILES string of the molecule is CCCCC[C@@H]1CCC[C@H](CC(=O)OC)N1. The first kappa shape index (κ1) is 13.5. The van der Waals surface area contributed by atoms with Gasteiger partial charge in [-0.25, -0.2) is 0 Å². The Balaban J connectivity index is 2.21. The maximum Gasteiger partial charge on any atom is 0.307 e. The molecule has 1 aliphatic heterocycles. The van der Waals surface area contributed by atoms with Gasteiger partial charge in [0.25, 0.3) is 0 Å². The maximum absolute atomic E-state index is 11.2. The molecule has 1 aliphatic rings. The van der Waals surface area contributed by atoms with Gasteiger partial charge in [-0.2, -0.15) is 0 Å². The zero-order chi connectivity index (χ0) is 11.8. The molecule has 1 heterocycles. The number of hydrogen-bond donors (Lipinski definition) is 1. The second kappa shape index (κ2) is 7.66. The van der Waals surface area contributed by atoms with Crippen molar-refractivity contribution in [1.29, 1.82) is 0 Å². The monoisotopic (exact) mass is 227 g/mol. The van der Waals surface area contributed by atoms with E-state index in [-0.39, 0.29) is 5.97 Å². The van der Waals surface area contributed by atoms with E-state index in [9.17, 15) is 4.79 Å². The van der Waals surface area contributed by atoms with E-state index < -0.39 is 0 Å². The summed E-state index contributed by atoms with van der Waals surface area (Å²) in [5, 5.41) is 3.58. The second-order valence-corrected chi connectivity index (χ2v) is 4.77. The quantitative estimate of drug-likeness (QED) is 0.560. The van der Waals surface area contributed by atoms with Crippen LogP contribution in [0.15, 0.2) is 0 Å². The normalized spacial score (nSPS) is 25.4. The van der Waals surface area contributed by atoms with Crippen LogP contribution in [0.4, 0.5) is 0 Å². The molecule has 1 N–H and O–H groups in total. The Morgan fingerprint density at radius 3 is 2.75 bits per heavy atom. The molecule has 94 valence electrons. The predicted molar refractivity (Wildman–Crippen MR) is 65.3 cm³/mol. The number of esters is 1. The lowest BCUT2D eigenvalue weighted by molar-refractivity contribution is -0.141. The van der Waals surface area contributed by atoms with Gasteiger partial charge in [-0.05, 0) is 19.3 Å². The van der Waals surface area contributed by atoms with Gasteiger partial charge in [-0.15, -0.1) is 0 Å². The summed E-state index contributed by atoms with van der Waals surface area (Å²) in [6.45, 7) is 2.23. The topological polar surface area (TPSA) is 38.3 Å². The highest BCUT2D eigenvalue weighted by molar-refractivity contribution is 5.69.